The van der Waals surface area contributed by atoms with E-state index in [1.165, 1.54) is 76.2 Å². The van der Waals surface area contributed by atoms with Crippen LogP contribution >= 0.6 is 12.4 Å². The lowest BCUT2D eigenvalue weighted by Crippen LogP contribution is -2.48. The van der Waals surface area contributed by atoms with Gasteiger partial charge in [-0.25, -0.2) is 0 Å². The van der Waals surface area contributed by atoms with Gasteiger partial charge in [-0.2, -0.15) is 0 Å². The number of halogens is 1. The Morgan fingerprint density at radius 3 is 2.09 bits per heavy atom. The quantitative estimate of drug-likeness (QED) is 0.175. The fraction of sp³-hybridized carbons (Fsp3) is 0.724. The van der Waals surface area contributed by atoms with Crippen molar-refractivity contribution in [1.29, 1.82) is 5.41 Å². The molecule has 4 bridgehead atoms. The van der Waals surface area contributed by atoms with Crippen molar-refractivity contribution >= 4 is 24.1 Å². The molecule has 1 aromatic carbocycles. The molecule has 0 radical (unpaired) electrons. The van der Waals surface area contributed by atoms with E-state index in [9.17, 15) is 4.79 Å². The van der Waals surface area contributed by atoms with E-state index in [1.807, 2.05) is 12.1 Å². The van der Waals surface area contributed by atoms with Crippen LogP contribution in [0.5, 0.6) is 0 Å². The number of rotatable bonds is 13. The van der Waals surface area contributed by atoms with Crippen LogP contribution in [0, 0.1) is 28.6 Å². The molecule has 0 aliphatic heterocycles. The number of nitrogens with one attached hydrogen (secondary N) is 2. The van der Waals surface area contributed by atoms with Crippen molar-refractivity contribution in [2.75, 3.05) is 13.2 Å². The first kappa shape index (κ1) is 26.5. The summed E-state index contributed by atoms with van der Waals surface area (Å²) in [6.45, 7) is 1.97. The number of carbonyl (C=O) groups is 1. The molecule has 0 atom stereocenters. The molecule has 194 valence electrons. The number of hydrogen-bond acceptors (Lipinski definition) is 3. The maximum atomic E-state index is 12.4. The maximum Gasteiger partial charge on any atom is 0.252 e. The van der Waals surface area contributed by atoms with Crippen LogP contribution in [0.2, 0.25) is 0 Å². The van der Waals surface area contributed by atoms with Crippen molar-refractivity contribution in [2.45, 2.75) is 95.4 Å². The SMILES string of the molecule is Cl.N=C(N)C1(NC(=O)c2ccc(CCCCCCCOCC34CC5CC(CC(C5)C3)C4)cc2)CC1. The molecule has 0 unspecified atom stereocenters. The summed E-state index contributed by atoms with van der Waals surface area (Å²) >= 11 is 0. The summed E-state index contributed by atoms with van der Waals surface area (Å²) in [7, 11) is 0. The minimum Gasteiger partial charge on any atom is -0.386 e. The van der Waals surface area contributed by atoms with Crippen molar-refractivity contribution in [3.05, 3.63) is 35.4 Å². The maximum absolute atomic E-state index is 12.4. The molecule has 0 aromatic heterocycles. The number of ether oxygens (including phenoxy) is 1. The normalized spacial score (nSPS) is 29.4. The highest BCUT2D eigenvalue weighted by molar-refractivity contribution is 6.01. The highest BCUT2D eigenvalue weighted by Gasteiger charge is 2.51. The van der Waals surface area contributed by atoms with Gasteiger partial charge in [-0.1, -0.05) is 31.4 Å². The van der Waals surface area contributed by atoms with Crippen LogP contribution in [0.1, 0.15) is 99.4 Å². The Hall–Kier alpha value is -1.59. The van der Waals surface area contributed by atoms with Crippen LogP contribution in [-0.2, 0) is 11.2 Å². The molecule has 1 aromatic rings. The van der Waals surface area contributed by atoms with Gasteiger partial charge in [0.15, 0.2) is 0 Å². The lowest BCUT2D eigenvalue weighted by atomic mass is 9.50. The molecule has 5 nitrogen and oxygen atoms in total. The lowest BCUT2D eigenvalue weighted by Gasteiger charge is -2.56. The van der Waals surface area contributed by atoms with Crippen LogP contribution in [0.4, 0.5) is 0 Å². The van der Waals surface area contributed by atoms with Crippen molar-refractivity contribution in [2.24, 2.45) is 28.9 Å². The molecule has 0 heterocycles. The average molecular weight is 502 g/mol. The molecule has 1 amide bonds. The molecule has 5 aliphatic rings. The summed E-state index contributed by atoms with van der Waals surface area (Å²) < 4.78 is 6.22. The number of hydrogen-bond donors (Lipinski definition) is 3. The fourth-order valence-electron chi connectivity index (χ4n) is 7.52. The monoisotopic (exact) mass is 501 g/mol. The van der Waals surface area contributed by atoms with E-state index in [0.717, 1.165) is 50.2 Å². The Kier molecular flexibility index (Phi) is 8.48. The Morgan fingerprint density at radius 2 is 1.51 bits per heavy atom. The predicted molar refractivity (Wildman–Crippen MR) is 143 cm³/mol. The standard InChI is InChI=1S/C29H43N3O2.ClH/c30-27(31)29(11-12-29)32-26(33)25-9-7-21(8-10-25)6-4-2-1-3-5-13-34-20-28-17-22-14-23(18-28)16-24(15-22)19-28;/h7-10,22-24H,1-6,11-20H2,(H3,30,31)(H,32,33);1H. The van der Waals surface area contributed by atoms with Gasteiger partial charge in [0.05, 0.1) is 12.1 Å². The van der Waals surface area contributed by atoms with Gasteiger partial charge >= 0.3 is 0 Å². The minimum absolute atomic E-state index is 0. The van der Waals surface area contributed by atoms with E-state index in [1.54, 1.807) is 0 Å². The Bertz CT molecular complexity index is 845. The third kappa shape index (κ3) is 6.40. The van der Waals surface area contributed by atoms with Gasteiger partial charge in [0.2, 0.25) is 0 Å². The summed E-state index contributed by atoms with van der Waals surface area (Å²) in [6, 6.07) is 7.89. The molecule has 5 aliphatic carbocycles. The molecule has 35 heavy (non-hydrogen) atoms. The highest BCUT2D eigenvalue weighted by Crippen LogP contribution is 2.60. The molecule has 5 fully saturated rings. The van der Waals surface area contributed by atoms with Gasteiger partial charge in [0.1, 0.15) is 5.84 Å². The Balaban J connectivity index is 0.00000289. The second-order valence-electron chi connectivity index (χ2n) is 12.1. The first-order valence-corrected chi connectivity index (χ1v) is 13.8. The largest absolute Gasteiger partial charge is 0.386 e. The number of amides is 1. The van der Waals surface area contributed by atoms with Crippen molar-refractivity contribution in [3.63, 3.8) is 0 Å². The third-order valence-electron chi connectivity index (χ3n) is 9.16. The molecule has 4 N–H and O–H groups in total. The summed E-state index contributed by atoms with van der Waals surface area (Å²) in [6.07, 6.45) is 17.6. The topological polar surface area (TPSA) is 88.2 Å². The second-order valence-corrected chi connectivity index (χ2v) is 12.1. The summed E-state index contributed by atoms with van der Waals surface area (Å²) in [5.41, 5.74) is 7.50. The van der Waals surface area contributed by atoms with Crippen LogP contribution in [0.3, 0.4) is 0 Å². The fourth-order valence-corrected chi connectivity index (χ4v) is 7.52. The minimum atomic E-state index is -0.588. The number of carbonyl (C=O) groups excluding carboxylic acids is 1. The Morgan fingerprint density at radius 1 is 0.943 bits per heavy atom. The van der Waals surface area contributed by atoms with Crippen LogP contribution in [0.15, 0.2) is 24.3 Å². The number of amidine groups is 1. The van der Waals surface area contributed by atoms with Crippen molar-refractivity contribution in [1.82, 2.24) is 5.32 Å². The van der Waals surface area contributed by atoms with E-state index in [2.05, 4.69) is 17.4 Å². The van der Waals surface area contributed by atoms with E-state index >= 15 is 0 Å². The zero-order valence-corrected chi connectivity index (χ0v) is 22.0. The van der Waals surface area contributed by atoms with E-state index < -0.39 is 5.54 Å². The van der Waals surface area contributed by atoms with E-state index in [4.69, 9.17) is 15.9 Å². The van der Waals surface area contributed by atoms with Gasteiger partial charge in [-0.15, -0.1) is 12.4 Å². The van der Waals surface area contributed by atoms with Gasteiger partial charge in [-0.05, 0) is 111 Å². The summed E-state index contributed by atoms with van der Waals surface area (Å²) in [5.74, 6) is 2.98. The van der Waals surface area contributed by atoms with Gasteiger partial charge in [0, 0.05) is 12.2 Å². The predicted octanol–water partition coefficient (Wildman–Crippen LogP) is 6.03. The second kappa shape index (κ2) is 11.2. The molecular formula is C29H44ClN3O2. The summed E-state index contributed by atoms with van der Waals surface area (Å²) in [4.78, 5) is 12.4. The average Bonchev–Trinajstić information content (AvgIpc) is 3.58. The van der Waals surface area contributed by atoms with Crippen LogP contribution in [0.25, 0.3) is 0 Å². The van der Waals surface area contributed by atoms with Crippen molar-refractivity contribution in [3.8, 4) is 0 Å². The Labute approximate surface area is 217 Å². The number of aryl methyl sites for hydroxylation is 1. The molecular weight excluding hydrogens is 458 g/mol. The van der Waals surface area contributed by atoms with Gasteiger partial charge in [0.25, 0.3) is 5.91 Å². The molecule has 6 heteroatoms. The smallest absolute Gasteiger partial charge is 0.252 e. The lowest BCUT2D eigenvalue weighted by molar-refractivity contribution is -0.0966. The highest BCUT2D eigenvalue weighted by atomic mass is 35.5. The first-order valence-electron chi connectivity index (χ1n) is 13.8. The van der Waals surface area contributed by atoms with E-state index in [-0.39, 0.29) is 24.1 Å². The van der Waals surface area contributed by atoms with Crippen LogP contribution < -0.4 is 11.1 Å². The molecule has 0 saturated heterocycles. The molecule has 5 saturated carbocycles. The number of benzene rings is 1. The zero-order valence-electron chi connectivity index (χ0n) is 21.2. The van der Waals surface area contributed by atoms with Gasteiger partial charge < -0.3 is 15.8 Å². The third-order valence-corrected chi connectivity index (χ3v) is 9.16. The first-order chi connectivity index (χ1) is 16.5. The number of unbranched alkanes of at least 4 members (excludes halogenated alkanes) is 4. The van der Waals surface area contributed by atoms with Crippen molar-refractivity contribution < 1.29 is 9.53 Å². The van der Waals surface area contributed by atoms with Gasteiger partial charge in [-0.3, -0.25) is 10.2 Å². The van der Waals surface area contributed by atoms with Crippen LogP contribution in [-0.4, -0.2) is 30.5 Å². The molecule has 6 rings (SSSR count). The number of nitrogens with two attached hydrogens (primary N) is 1. The zero-order chi connectivity index (χ0) is 23.6. The molecule has 0 spiro atoms. The summed E-state index contributed by atoms with van der Waals surface area (Å²) in [5, 5.41) is 10.6. The van der Waals surface area contributed by atoms with E-state index in [0.29, 0.717) is 11.0 Å².